The lowest BCUT2D eigenvalue weighted by Gasteiger charge is -2.50. The Hall–Kier alpha value is -4.25. The van der Waals surface area contributed by atoms with E-state index in [4.69, 9.17) is 16.3 Å². The van der Waals surface area contributed by atoms with Gasteiger partial charge in [0.25, 0.3) is 0 Å². The van der Waals surface area contributed by atoms with Gasteiger partial charge in [-0.2, -0.15) is 0 Å². The molecule has 0 radical (unpaired) electrons. The second kappa shape index (κ2) is 12.0. The minimum absolute atomic E-state index is 0.164. The highest BCUT2D eigenvalue weighted by Crippen LogP contribution is 2.65. The van der Waals surface area contributed by atoms with Crippen molar-refractivity contribution >= 4 is 68.2 Å². The molecule has 1 N–H and O–H groups in total. The highest BCUT2D eigenvalue weighted by molar-refractivity contribution is 9.10. The zero-order valence-electron chi connectivity index (χ0n) is 26.2. The van der Waals surface area contributed by atoms with Gasteiger partial charge in [0.2, 0.25) is 23.6 Å². The van der Waals surface area contributed by atoms with Crippen LogP contribution in [0.5, 0.6) is 11.5 Å². The topological polar surface area (TPSA) is 104 Å². The van der Waals surface area contributed by atoms with Crippen molar-refractivity contribution in [3.05, 3.63) is 121 Å². The lowest BCUT2D eigenvalue weighted by Crippen LogP contribution is -2.53. The molecular weight excluding hydrogens is 728 g/mol. The maximum absolute atomic E-state index is 15.3. The van der Waals surface area contributed by atoms with E-state index in [2.05, 4.69) is 15.9 Å². The van der Waals surface area contributed by atoms with Gasteiger partial charge in [0.15, 0.2) is 11.5 Å². The first kappa shape index (κ1) is 32.0. The molecule has 0 bridgehead atoms. The van der Waals surface area contributed by atoms with Crippen molar-refractivity contribution in [1.29, 1.82) is 0 Å². The van der Waals surface area contributed by atoms with Gasteiger partial charge in [-0.1, -0.05) is 81.6 Å². The molecule has 49 heavy (non-hydrogen) atoms. The summed E-state index contributed by atoms with van der Waals surface area (Å²) in [4.78, 5) is 61.9. The number of nitrogens with zero attached hydrogens (tertiary/aromatic N) is 2. The summed E-state index contributed by atoms with van der Waals surface area (Å²) in [5, 5.41) is 14.1. The molecule has 4 amide bonds. The van der Waals surface area contributed by atoms with E-state index in [0.717, 1.165) is 10.5 Å². The first-order valence-corrected chi connectivity index (χ1v) is 18.0. The van der Waals surface area contributed by atoms with Crippen molar-refractivity contribution in [1.82, 2.24) is 4.90 Å². The Labute approximate surface area is 300 Å². The van der Waals surface area contributed by atoms with E-state index in [0.29, 0.717) is 32.7 Å². The number of aromatic hydroxyl groups is 1. The summed E-state index contributed by atoms with van der Waals surface area (Å²) < 4.78 is 6.18. The zero-order valence-corrected chi connectivity index (χ0v) is 29.4. The number of ether oxygens (including phenoxy) is 1. The van der Waals surface area contributed by atoms with Gasteiger partial charge in [-0.15, -0.1) is 11.3 Å². The van der Waals surface area contributed by atoms with E-state index < -0.39 is 46.8 Å². The summed E-state index contributed by atoms with van der Waals surface area (Å²) in [6.45, 7) is 0.189. The van der Waals surface area contributed by atoms with Crippen LogP contribution in [0.3, 0.4) is 0 Å². The molecule has 2 saturated heterocycles. The van der Waals surface area contributed by atoms with Crippen molar-refractivity contribution in [2.45, 2.75) is 30.7 Å². The normalized spacial score (nSPS) is 27.6. The molecule has 3 aromatic carbocycles. The van der Waals surface area contributed by atoms with E-state index in [9.17, 15) is 19.5 Å². The third kappa shape index (κ3) is 4.67. The van der Waals surface area contributed by atoms with E-state index in [-0.39, 0.29) is 36.3 Å². The number of halogens is 2. The standard InChI is InChI=1S/C38H30BrClN2O6S/c1-48-30-16-21(39)15-28(33(30)43)32-25-12-13-26-31(36(46)41(34(26)44)19-24-11-6-14-49-24)27(25)18-29-35(45)42(23-10-5-9-22(40)17-23)37(47)38(29,32)20-7-3-2-4-8-20/h2-12,14-17,26-27,29,31-32,43H,13,18-19H2,1H3/t26-,27+,29-,31-,32+,38+/m0/s1. The smallest absolute Gasteiger partial charge is 0.246 e. The fraction of sp³-hybridized carbons (Fsp3) is 0.263. The Bertz CT molecular complexity index is 2070. The van der Waals surface area contributed by atoms with E-state index in [1.54, 1.807) is 36.4 Å². The third-order valence-electron chi connectivity index (χ3n) is 10.8. The van der Waals surface area contributed by atoms with Crippen LogP contribution < -0.4 is 9.64 Å². The third-order valence-corrected chi connectivity index (χ3v) is 12.3. The average molecular weight is 758 g/mol. The Morgan fingerprint density at radius 3 is 2.47 bits per heavy atom. The quantitative estimate of drug-likeness (QED) is 0.164. The molecule has 248 valence electrons. The first-order valence-electron chi connectivity index (χ1n) is 16.0. The largest absolute Gasteiger partial charge is 0.504 e. The molecule has 1 aromatic heterocycles. The van der Waals surface area contributed by atoms with Crippen molar-refractivity contribution in [2.24, 2.45) is 23.7 Å². The average Bonchev–Trinajstić information content (AvgIpc) is 3.77. The summed E-state index contributed by atoms with van der Waals surface area (Å²) in [6, 6.07) is 23.0. The SMILES string of the molecule is COc1cc(Br)cc([C@H]2C3=CC[C@@H]4C(=O)N(Cc5cccs5)C(=O)[C@@H]4[C@@H]3C[C@H]3C(=O)N(c4cccc(Cl)c4)C(=O)[C@@]23c2ccccc2)c1O. The number of phenolic OH excluding ortho intramolecular Hbond substituents is 1. The molecule has 3 heterocycles. The Kier molecular flexibility index (Phi) is 7.81. The number of benzene rings is 3. The molecule has 4 aliphatic rings. The van der Waals surface area contributed by atoms with E-state index in [1.807, 2.05) is 53.9 Å². The van der Waals surface area contributed by atoms with Crippen molar-refractivity contribution in [3.8, 4) is 11.5 Å². The number of thiophene rings is 1. The van der Waals surface area contributed by atoms with Gasteiger partial charge in [0.1, 0.15) is 0 Å². The van der Waals surface area contributed by atoms with Gasteiger partial charge in [-0.25, -0.2) is 4.90 Å². The summed E-state index contributed by atoms with van der Waals surface area (Å²) in [6.07, 6.45) is 2.43. The number of likely N-dealkylation sites (tertiary alicyclic amines) is 1. The molecule has 4 aromatic rings. The number of fused-ring (bicyclic) bond motifs is 4. The molecule has 3 fully saturated rings. The minimum atomic E-state index is -1.51. The van der Waals surface area contributed by atoms with E-state index in [1.165, 1.54) is 28.2 Å². The molecule has 8 rings (SSSR count). The number of imide groups is 2. The van der Waals surface area contributed by atoms with Crippen molar-refractivity contribution in [2.75, 3.05) is 12.0 Å². The highest BCUT2D eigenvalue weighted by atomic mass is 79.9. The molecule has 1 saturated carbocycles. The number of allylic oxidation sites excluding steroid dienone is 2. The molecular formula is C38H30BrClN2O6S. The van der Waals surface area contributed by atoms with Crippen LogP contribution in [0.4, 0.5) is 5.69 Å². The van der Waals surface area contributed by atoms with Crippen LogP contribution in [-0.2, 0) is 31.1 Å². The predicted octanol–water partition coefficient (Wildman–Crippen LogP) is 7.24. The highest BCUT2D eigenvalue weighted by Gasteiger charge is 2.70. The fourth-order valence-corrected chi connectivity index (χ4v) is 10.2. The molecule has 2 aliphatic carbocycles. The van der Waals surface area contributed by atoms with Gasteiger partial charge < -0.3 is 9.84 Å². The number of rotatable bonds is 6. The number of carbonyl (C=O) groups is 4. The summed E-state index contributed by atoms with van der Waals surface area (Å²) in [5.41, 5.74) is 0.578. The second-order valence-electron chi connectivity index (χ2n) is 13.0. The maximum atomic E-state index is 15.3. The Balaban J connectivity index is 1.37. The number of anilines is 1. The van der Waals surface area contributed by atoms with Crippen LogP contribution in [0.2, 0.25) is 5.02 Å². The number of carbonyl (C=O) groups excluding carboxylic acids is 4. The van der Waals surface area contributed by atoms with Crippen LogP contribution in [0.1, 0.15) is 34.8 Å². The number of methoxy groups -OCH3 is 1. The number of hydrogen-bond donors (Lipinski definition) is 1. The molecule has 11 heteroatoms. The molecule has 8 nitrogen and oxygen atoms in total. The van der Waals surface area contributed by atoms with E-state index >= 15 is 4.79 Å². The zero-order chi connectivity index (χ0) is 34.2. The summed E-state index contributed by atoms with van der Waals surface area (Å²) in [5.74, 6) is -5.02. The molecule has 6 atom stereocenters. The lowest BCUT2D eigenvalue weighted by atomic mass is 9.49. The molecule has 0 unspecified atom stereocenters. The number of phenols is 1. The Morgan fingerprint density at radius 2 is 1.76 bits per heavy atom. The van der Waals surface area contributed by atoms with Crippen LogP contribution in [-0.4, -0.2) is 40.7 Å². The van der Waals surface area contributed by atoms with Crippen LogP contribution in [0.25, 0.3) is 0 Å². The number of amides is 4. The summed E-state index contributed by atoms with van der Waals surface area (Å²) >= 11 is 11.5. The van der Waals surface area contributed by atoms with Crippen LogP contribution >= 0.6 is 38.9 Å². The van der Waals surface area contributed by atoms with Crippen LogP contribution in [0.15, 0.2) is 100 Å². The van der Waals surface area contributed by atoms with Gasteiger partial charge in [0, 0.05) is 25.9 Å². The predicted molar refractivity (Wildman–Crippen MR) is 188 cm³/mol. The maximum Gasteiger partial charge on any atom is 0.246 e. The first-order chi connectivity index (χ1) is 23.7. The van der Waals surface area contributed by atoms with Gasteiger partial charge >= 0.3 is 0 Å². The lowest BCUT2D eigenvalue weighted by molar-refractivity contribution is -0.141. The minimum Gasteiger partial charge on any atom is -0.504 e. The monoisotopic (exact) mass is 756 g/mol. The second-order valence-corrected chi connectivity index (χ2v) is 15.4. The van der Waals surface area contributed by atoms with Gasteiger partial charge in [0.05, 0.1) is 42.5 Å². The van der Waals surface area contributed by atoms with Crippen LogP contribution in [0, 0.1) is 23.7 Å². The molecule has 2 aliphatic heterocycles. The molecule has 0 spiro atoms. The van der Waals surface area contributed by atoms with Crippen molar-refractivity contribution in [3.63, 3.8) is 0 Å². The fourth-order valence-electron chi connectivity index (χ4n) is 8.84. The van der Waals surface area contributed by atoms with Gasteiger partial charge in [-0.3, -0.25) is 24.1 Å². The number of hydrogen-bond acceptors (Lipinski definition) is 7. The van der Waals surface area contributed by atoms with Crippen molar-refractivity contribution < 1.29 is 29.0 Å². The Morgan fingerprint density at radius 1 is 0.959 bits per heavy atom. The summed E-state index contributed by atoms with van der Waals surface area (Å²) in [7, 11) is 1.45. The van der Waals surface area contributed by atoms with Gasteiger partial charge in [-0.05, 0) is 66.1 Å².